The Hall–Kier alpha value is -2.11. The molecule has 2 atom stereocenters. The van der Waals surface area contributed by atoms with Gasteiger partial charge in [-0.25, -0.2) is 9.78 Å². The van der Waals surface area contributed by atoms with E-state index in [-0.39, 0.29) is 18.1 Å². The van der Waals surface area contributed by atoms with E-state index >= 15 is 0 Å². The fraction of sp³-hybridized carbons (Fsp3) is 0.650. The quantitative estimate of drug-likeness (QED) is 0.772. The van der Waals surface area contributed by atoms with E-state index in [1.165, 1.54) is 11.1 Å². The molecule has 1 aromatic rings. The molecule has 3 rings (SSSR count). The maximum Gasteiger partial charge on any atom is 0.410 e. The van der Waals surface area contributed by atoms with Crippen LogP contribution in [-0.2, 0) is 22.4 Å². The minimum atomic E-state index is -0.498. The Labute approximate surface area is 154 Å². The van der Waals surface area contributed by atoms with Crippen molar-refractivity contribution in [2.24, 2.45) is 5.92 Å². The second-order valence-corrected chi connectivity index (χ2v) is 8.32. The summed E-state index contributed by atoms with van der Waals surface area (Å²) in [6.07, 6.45) is 3.18. The number of aryl methyl sites for hydroxylation is 1. The Bertz CT molecular complexity index is 724. The largest absolute Gasteiger partial charge is 0.475 e. The van der Waals surface area contributed by atoms with Crippen molar-refractivity contribution in [1.29, 1.82) is 0 Å². The van der Waals surface area contributed by atoms with Gasteiger partial charge in [0.2, 0.25) is 5.88 Å². The van der Waals surface area contributed by atoms with E-state index in [0.717, 1.165) is 36.8 Å². The Morgan fingerprint density at radius 1 is 1.27 bits per heavy atom. The summed E-state index contributed by atoms with van der Waals surface area (Å²) in [7, 11) is 0. The van der Waals surface area contributed by atoms with Crippen molar-refractivity contribution in [2.75, 3.05) is 13.2 Å². The highest BCUT2D eigenvalue weighted by molar-refractivity contribution is 5.69. The van der Waals surface area contributed by atoms with Crippen molar-refractivity contribution in [2.45, 2.75) is 65.5 Å². The molecule has 1 aliphatic carbocycles. The van der Waals surface area contributed by atoms with Crippen LogP contribution in [0.2, 0.25) is 0 Å². The van der Waals surface area contributed by atoms with Gasteiger partial charge in [-0.1, -0.05) is 0 Å². The summed E-state index contributed by atoms with van der Waals surface area (Å²) in [5.41, 5.74) is 3.83. The third-order valence-corrected chi connectivity index (χ3v) is 5.15. The summed E-state index contributed by atoms with van der Waals surface area (Å²) in [5.74, 6) is 0.664. The van der Waals surface area contributed by atoms with Gasteiger partial charge >= 0.3 is 6.09 Å². The summed E-state index contributed by atoms with van der Waals surface area (Å²) in [6.45, 7) is 10.7. The molecule has 1 aromatic heterocycles. The number of likely N-dealkylation sites (tertiary alicyclic amines) is 1. The lowest BCUT2D eigenvalue weighted by molar-refractivity contribution is -0.110. The van der Waals surface area contributed by atoms with Crippen molar-refractivity contribution < 1.29 is 19.1 Å². The normalized spacial score (nSPS) is 21.8. The molecule has 0 saturated carbocycles. The van der Waals surface area contributed by atoms with Gasteiger partial charge in [-0.05, 0) is 65.0 Å². The van der Waals surface area contributed by atoms with Crippen LogP contribution in [0.3, 0.4) is 0 Å². The molecule has 1 saturated heterocycles. The van der Waals surface area contributed by atoms with Crippen LogP contribution in [0.25, 0.3) is 0 Å². The zero-order valence-electron chi connectivity index (χ0n) is 16.3. The third-order valence-electron chi connectivity index (χ3n) is 5.15. The Balaban J connectivity index is 1.65. The number of hydrogen-bond acceptors (Lipinski definition) is 5. The Morgan fingerprint density at radius 3 is 2.54 bits per heavy atom. The predicted molar refractivity (Wildman–Crippen MR) is 97.5 cm³/mol. The van der Waals surface area contributed by atoms with Gasteiger partial charge in [0.25, 0.3) is 0 Å². The van der Waals surface area contributed by atoms with Crippen molar-refractivity contribution in [1.82, 2.24) is 9.88 Å². The van der Waals surface area contributed by atoms with Gasteiger partial charge < -0.3 is 19.2 Å². The summed E-state index contributed by atoms with van der Waals surface area (Å²) >= 11 is 0. The number of rotatable bonds is 4. The van der Waals surface area contributed by atoms with Crippen LogP contribution in [0.15, 0.2) is 0 Å². The third kappa shape index (κ3) is 3.69. The van der Waals surface area contributed by atoms with E-state index in [4.69, 9.17) is 9.47 Å². The molecule has 2 heterocycles. The van der Waals surface area contributed by atoms with Gasteiger partial charge in [-0.15, -0.1) is 0 Å². The van der Waals surface area contributed by atoms with Crippen LogP contribution >= 0.6 is 0 Å². The second-order valence-electron chi connectivity index (χ2n) is 8.32. The number of aromatic nitrogens is 1. The zero-order valence-corrected chi connectivity index (χ0v) is 16.3. The van der Waals surface area contributed by atoms with E-state index in [0.29, 0.717) is 19.0 Å². The van der Waals surface area contributed by atoms with Crippen molar-refractivity contribution in [3.8, 4) is 5.88 Å². The van der Waals surface area contributed by atoms with Crippen LogP contribution in [0.1, 0.15) is 49.6 Å². The lowest BCUT2D eigenvalue weighted by Crippen LogP contribution is -2.55. The molecule has 6 heteroatoms. The molecule has 0 aromatic carbocycles. The van der Waals surface area contributed by atoms with Crippen molar-refractivity contribution in [3.63, 3.8) is 0 Å². The van der Waals surface area contributed by atoms with Gasteiger partial charge in [0.1, 0.15) is 18.5 Å². The first-order chi connectivity index (χ1) is 12.2. The van der Waals surface area contributed by atoms with Crippen LogP contribution in [0.5, 0.6) is 5.88 Å². The van der Waals surface area contributed by atoms with Gasteiger partial charge in [-0.3, -0.25) is 0 Å². The van der Waals surface area contributed by atoms with Crippen LogP contribution in [0, 0.1) is 19.8 Å². The van der Waals surface area contributed by atoms with Gasteiger partial charge in [0.05, 0.1) is 6.04 Å². The first kappa shape index (κ1) is 18.7. The number of nitrogens with zero attached hydrogens (tertiary/aromatic N) is 2. The molecule has 142 valence electrons. The smallest absolute Gasteiger partial charge is 0.410 e. The summed E-state index contributed by atoms with van der Waals surface area (Å²) in [4.78, 5) is 29.7. The summed E-state index contributed by atoms with van der Waals surface area (Å²) in [5, 5.41) is 0. The number of carbonyl (C=O) groups excluding carboxylic acids is 2. The lowest BCUT2D eigenvalue weighted by atomic mass is 10.0. The molecule has 1 aliphatic heterocycles. The first-order valence-electron chi connectivity index (χ1n) is 9.26. The lowest BCUT2D eigenvalue weighted by Gasteiger charge is -2.41. The number of pyridine rings is 1. The molecular weight excluding hydrogens is 332 g/mol. The molecule has 0 bridgehead atoms. The molecule has 1 amide bonds. The van der Waals surface area contributed by atoms with Crippen LogP contribution < -0.4 is 4.74 Å². The molecule has 6 nitrogen and oxygen atoms in total. The number of hydrogen-bond donors (Lipinski definition) is 0. The number of aldehydes is 1. The van der Waals surface area contributed by atoms with Gasteiger partial charge in [0, 0.05) is 23.7 Å². The zero-order chi connectivity index (χ0) is 19.1. The highest BCUT2D eigenvalue weighted by atomic mass is 16.6. The van der Waals surface area contributed by atoms with Crippen LogP contribution in [0.4, 0.5) is 4.79 Å². The Morgan fingerprint density at radius 2 is 1.96 bits per heavy atom. The van der Waals surface area contributed by atoms with E-state index in [1.54, 1.807) is 4.90 Å². The van der Waals surface area contributed by atoms with Gasteiger partial charge in [-0.2, -0.15) is 0 Å². The maximum absolute atomic E-state index is 12.2. The summed E-state index contributed by atoms with van der Waals surface area (Å²) < 4.78 is 11.4. The second kappa shape index (κ2) is 6.89. The SMILES string of the molecule is Cc1nc(OC[C@@H]2CCN2C(=O)OC(C)(C)C)c(C)c2c1CC(C=O)C2. The highest BCUT2D eigenvalue weighted by Gasteiger charge is 2.36. The van der Waals surface area contributed by atoms with Crippen molar-refractivity contribution in [3.05, 3.63) is 22.4 Å². The molecule has 2 aliphatic rings. The highest BCUT2D eigenvalue weighted by Crippen LogP contribution is 2.34. The van der Waals surface area contributed by atoms with Crippen LogP contribution in [-0.4, -0.2) is 47.1 Å². The number of amides is 1. The van der Waals surface area contributed by atoms with Crippen molar-refractivity contribution >= 4 is 12.4 Å². The van der Waals surface area contributed by atoms with E-state index in [9.17, 15) is 9.59 Å². The number of fused-ring (bicyclic) bond motifs is 1. The average molecular weight is 360 g/mol. The molecule has 0 spiro atoms. The minimum absolute atomic E-state index is 0.0161. The standard InChI is InChI=1S/C20H28N2O4/c1-12-16-8-14(10-23)9-17(16)13(2)21-18(12)25-11-15-6-7-22(15)19(24)26-20(3,4)5/h10,14-15H,6-9,11H2,1-5H3/t14?,15-/m0/s1. The van der Waals surface area contributed by atoms with E-state index < -0.39 is 5.60 Å². The number of carbonyl (C=O) groups is 2. The molecule has 26 heavy (non-hydrogen) atoms. The summed E-state index contributed by atoms with van der Waals surface area (Å²) in [6, 6.07) is 0.0161. The fourth-order valence-corrected chi connectivity index (χ4v) is 3.61. The predicted octanol–water partition coefficient (Wildman–Crippen LogP) is 3.00. The fourth-order valence-electron chi connectivity index (χ4n) is 3.61. The molecule has 1 unspecified atom stereocenters. The van der Waals surface area contributed by atoms with Gasteiger partial charge in [0.15, 0.2) is 0 Å². The molecule has 0 N–H and O–H groups in total. The Kier molecular flexibility index (Phi) is 4.95. The average Bonchev–Trinajstić information content (AvgIpc) is 2.94. The van der Waals surface area contributed by atoms with E-state index in [1.807, 2.05) is 34.6 Å². The first-order valence-corrected chi connectivity index (χ1v) is 9.26. The minimum Gasteiger partial charge on any atom is -0.475 e. The van der Waals surface area contributed by atoms with E-state index in [2.05, 4.69) is 4.98 Å². The molecule has 1 fully saturated rings. The monoisotopic (exact) mass is 360 g/mol. The maximum atomic E-state index is 12.2. The topological polar surface area (TPSA) is 68.7 Å². The number of ether oxygens (including phenoxy) is 2. The molecular formula is C20H28N2O4. The molecule has 0 radical (unpaired) electrons.